The number of methoxy groups -OCH3 is 1. The Kier molecular flexibility index (Phi) is 5.60. The molecule has 1 aromatic heterocycles. The molecule has 28 heavy (non-hydrogen) atoms. The lowest BCUT2D eigenvalue weighted by Gasteiger charge is -2.09. The summed E-state index contributed by atoms with van der Waals surface area (Å²) in [5.74, 6) is 0.158. The number of aliphatic carboxylic acids is 1. The van der Waals surface area contributed by atoms with Crippen molar-refractivity contribution >= 4 is 26.9 Å². The maximum atomic E-state index is 13.2. The van der Waals surface area contributed by atoms with Crippen molar-refractivity contribution in [2.24, 2.45) is 0 Å². The van der Waals surface area contributed by atoms with Crippen LogP contribution >= 0.6 is 0 Å². The van der Waals surface area contributed by atoms with E-state index in [1.54, 1.807) is 30.3 Å². The third kappa shape index (κ3) is 3.82. The smallest absolute Gasteiger partial charge is 0.303 e. The minimum absolute atomic E-state index is 0.0884. The first-order valence-electron chi connectivity index (χ1n) is 8.75. The van der Waals surface area contributed by atoms with Crippen molar-refractivity contribution in [3.63, 3.8) is 0 Å². The Hall–Kier alpha value is -3.00. The first kappa shape index (κ1) is 19.8. The Balaban J connectivity index is 2.16. The molecule has 3 rings (SSSR count). The van der Waals surface area contributed by atoms with Crippen molar-refractivity contribution in [3.05, 3.63) is 54.2 Å². The maximum absolute atomic E-state index is 13.2. The van der Waals surface area contributed by atoms with E-state index in [4.69, 9.17) is 14.6 Å². The number of aromatic nitrogens is 1. The average molecular weight is 403 g/mol. The van der Waals surface area contributed by atoms with Crippen LogP contribution in [0.5, 0.6) is 11.5 Å². The number of hydrogen-bond donors (Lipinski definition) is 1. The van der Waals surface area contributed by atoms with Gasteiger partial charge in [-0.2, -0.15) is 0 Å². The molecule has 0 atom stereocenters. The molecule has 3 aromatic rings. The molecule has 0 fully saturated rings. The van der Waals surface area contributed by atoms with Crippen LogP contribution in [0.4, 0.5) is 0 Å². The zero-order valence-electron chi connectivity index (χ0n) is 15.6. The molecule has 8 heteroatoms. The zero-order chi connectivity index (χ0) is 20.3. The Morgan fingerprint density at radius 2 is 1.79 bits per heavy atom. The lowest BCUT2D eigenvalue weighted by molar-refractivity contribution is -0.136. The van der Waals surface area contributed by atoms with Crippen LogP contribution in [0.2, 0.25) is 0 Å². The molecule has 0 aliphatic carbocycles. The highest BCUT2D eigenvalue weighted by Gasteiger charge is 2.22. The van der Waals surface area contributed by atoms with Gasteiger partial charge in [0.05, 0.1) is 24.1 Å². The van der Waals surface area contributed by atoms with Crippen LogP contribution < -0.4 is 9.47 Å². The fraction of sp³-hybridized carbons (Fsp3) is 0.250. The number of nitrogens with zero attached hydrogens (tertiary/aromatic N) is 1. The molecular weight excluding hydrogens is 382 g/mol. The predicted molar refractivity (Wildman–Crippen MR) is 105 cm³/mol. The average Bonchev–Trinajstić information content (AvgIpc) is 3.05. The topological polar surface area (TPSA) is 94.8 Å². The number of carboxylic acid groups (broad SMARTS) is 1. The summed E-state index contributed by atoms with van der Waals surface area (Å²) in [4.78, 5) is 11.1. The third-order valence-corrected chi connectivity index (χ3v) is 6.05. The fourth-order valence-corrected chi connectivity index (χ4v) is 4.39. The summed E-state index contributed by atoms with van der Waals surface area (Å²) in [6.07, 6.45) is 1.63. The third-order valence-electron chi connectivity index (χ3n) is 4.36. The SMILES string of the molecule is CCOc1ccc2c(CCC(=O)O)cn(S(=O)(=O)c3ccc(OC)cc3)c2c1. The van der Waals surface area contributed by atoms with Gasteiger partial charge in [-0.15, -0.1) is 0 Å². The van der Waals surface area contributed by atoms with E-state index in [0.29, 0.717) is 34.6 Å². The number of fused-ring (bicyclic) bond motifs is 1. The van der Waals surface area contributed by atoms with Crippen molar-refractivity contribution in [2.45, 2.75) is 24.7 Å². The molecule has 0 aliphatic rings. The van der Waals surface area contributed by atoms with Crippen LogP contribution in [0.3, 0.4) is 0 Å². The number of benzene rings is 2. The van der Waals surface area contributed by atoms with Gasteiger partial charge in [-0.25, -0.2) is 12.4 Å². The van der Waals surface area contributed by atoms with Crippen LogP contribution in [0.25, 0.3) is 10.9 Å². The van der Waals surface area contributed by atoms with Gasteiger partial charge < -0.3 is 14.6 Å². The van der Waals surface area contributed by atoms with Crippen molar-refractivity contribution in [1.82, 2.24) is 3.97 Å². The lowest BCUT2D eigenvalue weighted by Crippen LogP contribution is -2.12. The number of carbonyl (C=O) groups is 1. The Labute approximate surface area is 163 Å². The molecule has 148 valence electrons. The van der Waals surface area contributed by atoms with Gasteiger partial charge in [0.2, 0.25) is 0 Å². The molecular formula is C20H21NO6S. The largest absolute Gasteiger partial charge is 0.497 e. The number of rotatable bonds is 8. The number of hydrogen-bond acceptors (Lipinski definition) is 5. The second kappa shape index (κ2) is 7.93. The molecule has 0 unspecified atom stereocenters. The van der Waals surface area contributed by atoms with E-state index in [0.717, 1.165) is 0 Å². The monoisotopic (exact) mass is 403 g/mol. The van der Waals surface area contributed by atoms with Crippen LogP contribution in [0.1, 0.15) is 18.9 Å². The molecule has 0 spiro atoms. The minimum Gasteiger partial charge on any atom is -0.497 e. The molecule has 0 amide bonds. The van der Waals surface area contributed by atoms with Crippen LogP contribution in [0.15, 0.2) is 53.6 Å². The van der Waals surface area contributed by atoms with E-state index >= 15 is 0 Å². The highest BCUT2D eigenvalue weighted by Crippen LogP contribution is 2.30. The van der Waals surface area contributed by atoms with E-state index in [9.17, 15) is 13.2 Å². The first-order valence-corrected chi connectivity index (χ1v) is 10.2. The zero-order valence-corrected chi connectivity index (χ0v) is 16.4. The van der Waals surface area contributed by atoms with Crippen LogP contribution in [0, 0.1) is 0 Å². The van der Waals surface area contributed by atoms with Gasteiger partial charge in [0.15, 0.2) is 0 Å². The summed E-state index contributed by atoms with van der Waals surface area (Å²) >= 11 is 0. The second-order valence-electron chi connectivity index (χ2n) is 6.14. The Bertz CT molecular complexity index is 1100. The molecule has 2 aromatic carbocycles. The summed E-state index contributed by atoms with van der Waals surface area (Å²) in [6.45, 7) is 2.29. The first-order chi connectivity index (χ1) is 13.4. The number of ether oxygens (including phenoxy) is 2. The summed E-state index contributed by atoms with van der Waals surface area (Å²) in [5.41, 5.74) is 1.10. The number of carboxylic acids is 1. The molecule has 0 bridgehead atoms. The van der Waals surface area contributed by atoms with E-state index in [1.807, 2.05) is 6.92 Å². The van der Waals surface area contributed by atoms with Gasteiger partial charge in [-0.1, -0.05) is 0 Å². The van der Waals surface area contributed by atoms with Crippen molar-refractivity contribution in [1.29, 1.82) is 0 Å². The van der Waals surface area contributed by atoms with Gasteiger partial charge >= 0.3 is 5.97 Å². The van der Waals surface area contributed by atoms with Crippen molar-refractivity contribution in [3.8, 4) is 11.5 Å². The molecule has 0 saturated carbocycles. The Morgan fingerprint density at radius 3 is 2.39 bits per heavy atom. The van der Waals surface area contributed by atoms with Gasteiger partial charge in [0.1, 0.15) is 11.5 Å². The summed E-state index contributed by atoms with van der Waals surface area (Å²) in [5, 5.41) is 9.68. The molecule has 7 nitrogen and oxygen atoms in total. The molecule has 0 radical (unpaired) electrons. The Morgan fingerprint density at radius 1 is 1.11 bits per heavy atom. The van der Waals surface area contributed by atoms with E-state index in [2.05, 4.69) is 0 Å². The van der Waals surface area contributed by atoms with E-state index in [1.165, 1.54) is 29.4 Å². The highest BCUT2D eigenvalue weighted by molar-refractivity contribution is 7.90. The minimum atomic E-state index is -3.88. The second-order valence-corrected chi connectivity index (χ2v) is 7.95. The summed E-state index contributed by atoms with van der Waals surface area (Å²) in [6, 6.07) is 11.3. The quantitative estimate of drug-likeness (QED) is 0.620. The van der Waals surface area contributed by atoms with Crippen molar-refractivity contribution < 1.29 is 27.8 Å². The van der Waals surface area contributed by atoms with Gasteiger partial charge in [0, 0.05) is 24.1 Å². The van der Waals surface area contributed by atoms with Crippen molar-refractivity contribution in [2.75, 3.05) is 13.7 Å². The van der Waals surface area contributed by atoms with E-state index < -0.39 is 16.0 Å². The highest BCUT2D eigenvalue weighted by atomic mass is 32.2. The molecule has 1 N–H and O–H groups in total. The molecule has 0 aliphatic heterocycles. The predicted octanol–water partition coefficient (Wildman–Crippen LogP) is 3.30. The van der Waals surface area contributed by atoms with Gasteiger partial charge in [-0.3, -0.25) is 4.79 Å². The molecule has 1 heterocycles. The van der Waals surface area contributed by atoms with Gasteiger partial charge in [-0.05, 0) is 55.3 Å². The maximum Gasteiger partial charge on any atom is 0.303 e. The normalized spacial score (nSPS) is 11.5. The summed E-state index contributed by atoms with van der Waals surface area (Å²) < 4.78 is 38.2. The standard InChI is InChI=1S/C20H21NO6S/c1-3-27-16-7-10-18-14(4-11-20(22)23)13-21(19(18)12-16)28(24,25)17-8-5-15(26-2)6-9-17/h5-10,12-13H,3-4,11H2,1-2H3,(H,22,23). The fourth-order valence-electron chi connectivity index (χ4n) is 3.00. The number of aryl methyl sites for hydroxylation is 1. The van der Waals surface area contributed by atoms with Crippen LogP contribution in [-0.2, 0) is 21.2 Å². The molecule has 0 saturated heterocycles. The van der Waals surface area contributed by atoms with Crippen LogP contribution in [-0.4, -0.2) is 37.2 Å². The van der Waals surface area contributed by atoms with E-state index in [-0.39, 0.29) is 17.7 Å². The van der Waals surface area contributed by atoms with Gasteiger partial charge in [0.25, 0.3) is 10.0 Å². The lowest BCUT2D eigenvalue weighted by atomic mass is 10.1. The summed E-state index contributed by atoms with van der Waals surface area (Å²) in [7, 11) is -2.37.